The average Bonchev–Trinajstić information content (AvgIpc) is 2.99. The first-order chi connectivity index (χ1) is 12.1. The number of aromatic nitrogens is 5. The molecule has 25 heavy (non-hydrogen) atoms. The van der Waals surface area contributed by atoms with E-state index in [9.17, 15) is 10.4 Å². The number of rotatable bonds is 2. The molecule has 0 unspecified atom stereocenters. The van der Waals surface area contributed by atoms with Gasteiger partial charge in [-0.25, -0.2) is 15.0 Å². The summed E-state index contributed by atoms with van der Waals surface area (Å²) in [5, 5.41) is 24.1. The van der Waals surface area contributed by atoms with Crippen LogP contribution in [0.4, 0.5) is 0 Å². The molecule has 1 N–H and O–H groups in total. The van der Waals surface area contributed by atoms with E-state index in [-0.39, 0.29) is 5.88 Å². The third-order valence-corrected chi connectivity index (χ3v) is 3.85. The zero-order chi connectivity index (χ0) is 17.6. The fourth-order valence-corrected chi connectivity index (χ4v) is 2.79. The molecular formula is C17H12N6O2. The number of benzene rings is 1. The van der Waals surface area contributed by atoms with Crippen LogP contribution in [-0.2, 0) is 7.05 Å². The number of ether oxygens (including phenoxy) is 1. The first-order valence-electron chi connectivity index (χ1n) is 7.38. The van der Waals surface area contributed by atoms with Gasteiger partial charge >= 0.3 is 0 Å². The monoisotopic (exact) mass is 332 g/mol. The Hall–Kier alpha value is -3.73. The second-order valence-electron chi connectivity index (χ2n) is 5.45. The molecule has 0 aliphatic rings. The van der Waals surface area contributed by atoms with Crippen LogP contribution in [0.15, 0.2) is 30.6 Å². The van der Waals surface area contributed by atoms with Gasteiger partial charge in [0.15, 0.2) is 5.82 Å². The second kappa shape index (κ2) is 5.42. The summed E-state index contributed by atoms with van der Waals surface area (Å²) in [5.41, 5.74) is 2.55. The Morgan fingerprint density at radius 1 is 1.24 bits per heavy atom. The average molecular weight is 332 g/mol. The van der Waals surface area contributed by atoms with E-state index in [1.54, 1.807) is 17.8 Å². The van der Waals surface area contributed by atoms with Crippen LogP contribution >= 0.6 is 0 Å². The fourth-order valence-electron chi connectivity index (χ4n) is 2.79. The van der Waals surface area contributed by atoms with Crippen molar-refractivity contribution in [3.63, 3.8) is 0 Å². The molecule has 0 aliphatic heterocycles. The molecule has 0 spiro atoms. The number of aryl methyl sites for hydroxylation is 1. The quantitative estimate of drug-likeness (QED) is 0.599. The maximum Gasteiger partial charge on any atom is 0.211 e. The number of hydrogen-bond donors (Lipinski definition) is 1. The normalized spacial score (nSPS) is 10.9. The topological polar surface area (TPSA) is 110 Å². The molecule has 0 amide bonds. The highest BCUT2D eigenvalue weighted by molar-refractivity contribution is 5.93. The Morgan fingerprint density at radius 3 is 2.84 bits per heavy atom. The minimum Gasteiger partial charge on any atom is -0.495 e. The number of nitriles is 1. The summed E-state index contributed by atoms with van der Waals surface area (Å²) in [4.78, 5) is 12.8. The molecular weight excluding hydrogens is 320 g/mol. The smallest absolute Gasteiger partial charge is 0.211 e. The Balaban J connectivity index is 2.03. The van der Waals surface area contributed by atoms with E-state index in [4.69, 9.17) is 4.74 Å². The maximum atomic E-state index is 9.57. The Kier molecular flexibility index (Phi) is 3.22. The Labute approximate surface area is 142 Å². The molecule has 0 saturated heterocycles. The van der Waals surface area contributed by atoms with Crippen LogP contribution in [0.3, 0.4) is 0 Å². The van der Waals surface area contributed by atoms with Crippen LogP contribution in [0.2, 0.25) is 0 Å². The summed E-state index contributed by atoms with van der Waals surface area (Å²) in [7, 11) is 3.28. The SMILES string of the molecule is COc1c(-c2ncc3nc(O)ccc3n2)cc2cn(C)nc2c1C#N. The lowest BCUT2D eigenvalue weighted by Gasteiger charge is -2.10. The predicted molar refractivity (Wildman–Crippen MR) is 90.0 cm³/mol. The van der Waals surface area contributed by atoms with Crippen LogP contribution in [0.1, 0.15) is 5.56 Å². The van der Waals surface area contributed by atoms with Gasteiger partial charge in [0.2, 0.25) is 5.88 Å². The summed E-state index contributed by atoms with van der Waals surface area (Å²) in [6.07, 6.45) is 3.34. The van der Waals surface area contributed by atoms with Crippen molar-refractivity contribution < 1.29 is 9.84 Å². The number of pyridine rings is 1. The van der Waals surface area contributed by atoms with Crippen molar-refractivity contribution in [1.29, 1.82) is 5.26 Å². The van der Waals surface area contributed by atoms with E-state index < -0.39 is 0 Å². The van der Waals surface area contributed by atoms with E-state index in [1.165, 1.54) is 19.4 Å². The summed E-state index contributed by atoms with van der Waals surface area (Å²) in [6, 6.07) is 7.12. The lowest BCUT2D eigenvalue weighted by molar-refractivity contribution is 0.415. The first kappa shape index (κ1) is 14.8. The minimum atomic E-state index is -0.0926. The van der Waals surface area contributed by atoms with Crippen LogP contribution in [-0.4, -0.2) is 36.9 Å². The van der Waals surface area contributed by atoms with Crippen LogP contribution < -0.4 is 4.74 Å². The van der Waals surface area contributed by atoms with Crippen molar-refractivity contribution in [2.45, 2.75) is 0 Å². The lowest BCUT2D eigenvalue weighted by Crippen LogP contribution is -1.98. The molecule has 0 bridgehead atoms. The summed E-state index contributed by atoms with van der Waals surface area (Å²) < 4.78 is 7.10. The summed E-state index contributed by atoms with van der Waals surface area (Å²) in [5.74, 6) is 0.684. The molecule has 8 nitrogen and oxygen atoms in total. The highest BCUT2D eigenvalue weighted by Crippen LogP contribution is 2.36. The fraction of sp³-hybridized carbons (Fsp3) is 0.118. The third kappa shape index (κ3) is 2.30. The van der Waals surface area contributed by atoms with Crippen molar-refractivity contribution in [2.24, 2.45) is 7.05 Å². The zero-order valence-corrected chi connectivity index (χ0v) is 13.4. The highest BCUT2D eigenvalue weighted by atomic mass is 16.5. The van der Waals surface area contributed by atoms with E-state index in [2.05, 4.69) is 26.1 Å². The summed E-state index contributed by atoms with van der Waals surface area (Å²) in [6.45, 7) is 0. The van der Waals surface area contributed by atoms with Crippen molar-refractivity contribution in [2.75, 3.05) is 7.11 Å². The van der Waals surface area contributed by atoms with Crippen molar-refractivity contribution in [3.8, 4) is 29.1 Å². The van der Waals surface area contributed by atoms with Gasteiger partial charge < -0.3 is 9.84 Å². The molecule has 8 heteroatoms. The first-order valence-corrected chi connectivity index (χ1v) is 7.38. The number of fused-ring (bicyclic) bond motifs is 2. The van der Waals surface area contributed by atoms with Crippen molar-refractivity contribution in [1.82, 2.24) is 24.7 Å². The Bertz CT molecular complexity index is 1180. The van der Waals surface area contributed by atoms with Gasteiger partial charge in [0.05, 0.1) is 24.4 Å². The minimum absolute atomic E-state index is 0.0926. The van der Waals surface area contributed by atoms with E-state index >= 15 is 0 Å². The molecule has 122 valence electrons. The van der Waals surface area contributed by atoms with Gasteiger partial charge in [-0.15, -0.1) is 0 Å². The van der Waals surface area contributed by atoms with Gasteiger partial charge in [-0.05, 0) is 12.1 Å². The van der Waals surface area contributed by atoms with Crippen molar-refractivity contribution in [3.05, 3.63) is 36.2 Å². The second-order valence-corrected chi connectivity index (χ2v) is 5.45. The van der Waals surface area contributed by atoms with Gasteiger partial charge in [0.1, 0.15) is 28.4 Å². The largest absolute Gasteiger partial charge is 0.495 e. The van der Waals surface area contributed by atoms with Gasteiger partial charge in [0, 0.05) is 24.7 Å². The maximum absolute atomic E-state index is 9.57. The molecule has 0 atom stereocenters. The molecule has 3 aromatic heterocycles. The molecule has 3 heterocycles. The highest BCUT2D eigenvalue weighted by Gasteiger charge is 2.19. The van der Waals surface area contributed by atoms with Crippen molar-refractivity contribution >= 4 is 21.9 Å². The number of methoxy groups -OCH3 is 1. The molecule has 1 aromatic carbocycles. The van der Waals surface area contributed by atoms with Crippen LogP contribution in [0, 0.1) is 11.3 Å². The molecule has 4 rings (SSSR count). The van der Waals surface area contributed by atoms with E-state index in [1.807, 2.05) is 12.3 Å². The predicted octanol–water partition coefficient (Wildman–Crippen LogP) is 2.16. The van der Waals surface area contributed by atoms with Gasteiger partial charge in [-0.3, -0.25) is 4.68 Å². The van der Waals surface area contributed by atoms with Gasteiger partial charge in [-0.2, -0.15) is 10.4 Å². The lowest BCUT2D eigenvalue weighted by atomic mass is 10.0. The summed E-state index contributed by atoms with van der Waals surface area (Å²) >= 11 is 0. The van der Waals surface area contributed by atoms with Gasteiger partial charge in [-0.1, -0.05) is 0 Å². The molecule has 0 fully saturated rings. The molecule has 0 aliphatic carbocycles. The zero-order valence-electron chi connectivity index (χ0n) is 13.4. The Morgan fingerprint density at radius 2 is 2.08 bits per heavy atom. The molecule has 0 radical (unpaired) electrons. The third-order valence-electron chi connectivity index (χ3n) is 3.85. The number of hydrogen-bond acceptors (Lipinski definition) is 7. The standard InChI is InChI=1S/C17H12N6O2/c1-23-8-9-5-10(16(25-2)11(6-18)15(9)22-23)17-19-7-13-12(21-17)3-4-14(24)20-13/h3-5,7-8H,1-2H3,(H,20,24). The molecule has 0 saturated carbocycles. The van der Waals surface area contributed by atoms with Crippen LogP contribution in [0.5, 0.6) is 11.6 Å². The molecule has 4 aromatic rings. The number of nitrogens with zero attached hydrogens (tertiary/aromatic N) is 6. The number of aromatic hydroxyl groups is 1. The van der Waals surface area contributed by atoms with Crippen LogP contribution in [0.25, 0.3) is 33.3 Å². The van der Waals surface area contributed by atoms with E-state index in [0.717, 1.165) is 5.39 Å². The van der Waals surface area contributed by atoms with Gasteiger partial charge in [0.25, 0.3) is 0 Å². The van der Waals surface area contributed by atoms with E-state index in [0.29, 0.717) is 39.3 Å².